The third-order valence-electron chi connectivity index (χ3n) is 4.89. The van der Waals surface area contributed by atoms with Crippen molar-refractivity contribution in [3.05, 3.63) is 28.8 Å². The molecular formula is C18H29ClN2. The number of hydrogen-bond acceptors (Lipinski definition) is 2. The molecule has 0 heterocycles. The maximum Gasteiger partial charge on any atom is 0.0426 e. The monoisotopic (exact) mass is 308 g/mol. The van der Waals surface area contributed by atoms with E-state index < -0.39 is 0 Å². The minimum Gasteiger partial charge on any atom is -0.371 e. The third kappa shape index (κ3) is 4.37. The summed E-state index contributed by atoms with van der Waals surface area (Å²) in [6, 6.07) is 7.10. The van der Waals surface area contributed by atoms with Gasteiger partial charge in [0.25, 0.3) is 0 Å². The predicted octanol–water partition coefficient (Wildman–Crippen LogP) is 4.63. The maximum absolute atomic E-state index is 6.24. The SMILES string of the molecule is CCC(N)Cc1ccc(Cl)cc1N(C)C1CCCC(C)C1. The van der Waals surface area contributed by atoms with Gasteiger partial charge in [-0.3, -0.25) is 0 Å². The van der Waals surface area contributed by atoms with Crippen molar-refractivity contribution in [1.82, 2.24) is 0 Å². The van der Waals surface area contributed by atoms with E-state index in [0.717, 1.165) is 23.8 Å². The molecule has 1 aromatic carbocycles. The molecule has 3 heteroatoms. The van der Waals surface area contributed by atoms with Gasteiger partial charge in [0.2, 0.25) is 0 Å². The molecule has 2 rings (SSSR count). The number of halogens is 1. The summed E-state index contributed by atoms with van der Waals surface area (Å²) in [5.41, 5.74) is 8.76. The van der Waals surface area contributed by atoms with Gasteiger partial charge in [0.1, 0.15) is 0 Å². The lowest BCUT2D eigenvalue weighted by Crippen LogP contribution is -2.36. The Labute approximate surface area is 134 Å². The number of nitrogens with zero attached hydrogens (tertiary/aromatic N) is 1. The standard InChI is InChI=1S/C18H29ClN2/c1-4-16(20)11-14-8-9-15(19)12-18(14)21(3)17-7-5-6-13(2)10-17/h8-9,12-13,16-17H,4-7,10-11,20H2,1-3H3. The molecule has 2 N–H and O–H groups in total. The molecule has 1 saturated carbocycles. The first kappa shape index (κ1) is 16.6. The minimum absolute atomic E-state index is 0.226. The van der Waals surface area contributed by atoms with E-state index in [1.807, 2.05) is 6.07 Å². The Morgan fingerprint density at radius 3 is 2.81 bits per heavy atom. The average molecular weight is 309 g/mol. The quantitative estimate of drug-likeness (QED) is 0.859. The fraction of sp³-hybridized carbons (Fsp3) is 0.667. The van der Waals surface area contributed by atoms with Crippen LogP contribution in [0.3, 0.4) is 0 Å². The van der Waals surface area contributed by atoms with Crippen molar-refractivity contribution in [1.29, 1.82) is 0 Å². The van der Waals surface area contributed by atoms with E-state index in [2.05, 4.69) is 37.9 Å². The third-order valence-corrected chi connectivity index (χ3v) is 5.13. The van der Waals surface area contributed by atoms with E-state index in [-0.39, 0.29) is 6.04 Å². The molecule has 0 spiro atoms. The fourth-order valence-electron chi connectivity index (χ4n) is 3.42. The van der Waals surface area contributed by atoms with Crippen LogP contribution >= 0.6 is 11.6 Å². The topological polar surface area (TPSA) is 29.3 Å². The van der Waals surface area contributed by atoms with Crippen molar-refractivity contribution in [3.8, 4) is 0 Å². The molecule has 1 fully saturated rings. The van der Waals surface area contributed by atoms with Crippen LogP contribution in [-0.2, 0) is 6.42 Å². The zero-order chi connectivity index (χ0) is 15.4. The smallest absolute Gasteiger partial charge is 0.0426 e. The summed E-state index contributed by atoms with van der Waals surface area (Å²) < 4.78 is 0. The van der Waals surface area contributed by atoms with Crippen LogP contribution in [0.4, 0.5) is 5.69 Å². The predicted molar refractivity (Wildman–Crippen MR) is 93.2 cm³/mol. The van der Waals surface area contributed by atoms with Gasteiger partial charge in [0, 0.05) is 29.8 Å². The first-order chi connectivity index (χ1) is 10.0. The highest BCUT2D eigenvalue weighted by atomic mass is 35.5. The van der Waals surface area contributed by atoms with Gasteiger partial charge in [-0.2, -0.15) is 0 Å². The lowest BCUT2D eigenvalue weighted by molar-refractivity contribution is 0.336. The Morgan fingerprint density at radius 2 is 2.14 bits per heavy atom. The van der Waals surface area contributed by atoms with Gasteiger partial charge in [-0.1, -0.05) is 44.4 Å². The fourth-order valence-corrected chi connectivity index (χ4v) is 3.58. The van der Waals surface area contributed by atoms with Gasteiger partial charge in [-0.25, -0.2) is 0 Å². The maximum atomic E-state index is 6.24. The highest BCUT2D eigenvalue weighted by Crippen LogP contribution is 2.33. The van der Waals surface area contributed by atoms with Crippen LogP contribution in [0.15, 0.2) is 18.2 Å². The Hall–Kier alpha value is -0.730. The van der Waals surface area contributed by atoms with Gasteiger partial charge in [-0.15, -0.1) is 0 Å². The number of benzene rings is 1. The molecule has 21 heavy (non-hydrogen) atoms. The average Bonchev–Trinajstić information content (AvgIpc) is 2.48. The van der Waals surface area contributed by atoms with Gasteiger partial charge >= 0.3 is 0 Å². The van der Waals surface area contributed by atoms with E-state index in [1.165, 1.54) is 36.9 Å². The van der Waals surface area contributed by atoms with Crippen LogP contribution in [0.5, 0.6) is 0 Å². The van der Waals surface area contributed by atoms with E-state index in [0.29, 0.717) is 6.04 Å². The molecule has 0 aliphatic heterocycles. The zero-order valence-corrected chi connectivity index (χ0v) is 14.4. The van der Waals surface area contributed by atoms with Crippen molar-refractivity contribution in [3.63, 3.8) is 0 Å². The molecule has 0 bridgehead atoms. The van der Waals surface area contributed by atoms with E-state index in [4.69, 9.17) is 17.3 Å². The lowest BCUT2D eigenvalue weighted by Gasteiger charge is -2.37. The van der Waals surface area contributed by atoms with Gasteiger partial charge in [0.05, 0.1) is 0 Å². The van der Waals surface area contributed by atoms with Crippen LogP contribution in [0.2, 0.25) is 5.02 Å². The Bertz CT molecular complexity index is 461. The van der Waals surface area contributed by atoms with E-state index >= 15 is 0 Å². The summed E-state index contributed by atoms with van der Waals surface area (Å²) in [5, 5.41) is 0.814. The van der Waals surface area contributed by atoms with Crippen LogP contribution < -0.4 is 10.6 Å². The van der Waals surface area contributed by atoms with Crippen LogP contribution in [0, 0.1) is 5.92 Å². The van der Waals surface area contributed by atoms with Gasteiger partial charge < -0.3 is 10.6 Å². The number of hydrogen-bond donors (Lipinski definition) is 1. The normalized spacial score (nSPS) is 23.9. The molecule has 3 atom stereocenters. The van der Waals surface area contributed by atoms with Crippen molar-refractivity contribution in [2.24, 2.45) is 11.7 Å². The Balaban J connectivity index is 2.21. The minimum atomic E-state index is 0.226. The Morgan fingerprint density at radius 1 is 1.38 bits per heavy atom. The van der Waals surface area contributed by atoms with Crippen molar-refractivity contribution >= 4 is 17.3 Å². The van der Waals surface area contributed by atoms with Gasteiger partial charge in [0.15, 0.2) is 0 Å². The Kier molecular flexibility index (Phi) is 5.95. The molecular weight excluding hydrogens is 280 g/mol. The van der Waals surface area contributed by atoms with Crippen LogP contribution in [0.25, 0.3) is 0 Å². The van der Waals surface area contributed by atoms with Crippen LogP contribution in [0.1, 0.15) is 51.5 Å². The molecule has 118 valence electrons. The van der Waals surface area contributed by atoms with Crippen molar-refractivity contribution in [2.45, 2.75) is 64.5 Å². The second-order valence-corrected chi connectivity index (χ2v) is 7.12. The van der Waals surface area contributed by atoms with Crippen LogP contribution in [-0.4, -0.2) is 19.1 Å². The van der Waals surface area contributed by atoms with E-state index in [1.54, 1.807) is 0 Å². The summed E-state index contributed by atoms with van der Waals surface area (Å²) in [5.74, 6) is 0.826. The molecule has 1 aliphatic rings. The van der Waals surface area contributed by atoms with E-state index in [9.17, 15) is 0 Å². The summed E-state index contributed by atoms with van der Waals surface area (Å²) in [4.78, 5) is 2.44. The second kappa shape index (κ2) is 7.51. The van der Waals surface area contributed by atoms with Gasteiger partial charge in [-0.05, 0) is 49.3 Å². The number of anilines is 1. The summed E-state index contributed by atoms with van der Waals surface area (Å²) in [6.07, 6.45) is 7.20. The molecule has 0 amide bonds. The zero-order valence-electron chi connectivity index (χ0n) is 13.6. The van der Waals surface area contributed by atoms with Crippen molar-refractivity contribution < 1.29 is 0 Å². The first-order valence-electron chi connectivity index (χ1n) is 8.28. The molecule has 0 saturated heterocycles. The number of nitrogens with two attached hydrogens (primary N) is 1. The largest absolute Gasteiger partial charge is 0.371 e. The summed E-state index contributed by atoms with van der Waals surface area (Å²) in [6.45, 7) is 4.51. The first-order valence-corrected chi connectivity index (χ1v) is 8.65. The number of rotatable bonds is 5. The molecule has 1 aliphatic carbocycles. The molecule has 0 radical (unpaired) electrons. The molecule has 0 aromatic heterocycles. The second-order valence-electron chi connectivity index (χ2n) is 6.68. The lowest BCUT2D eigenvalue weighted by atomic mass is 9.86. The van der Waals surface area contributed by atoms with Crippen molar-refractivity contribution in [2.75, 3.05) is 11.9 Å². The molecule has 2 nitrogen and oxygen atoms in total. The molecule has 3 unspecified atom stereocenters. The highest BCUT2D eigenvalue weighted by molar-refractivity contribution is 6.30. The molecule has 1 aromatic rings. The summed E-state index contributed by atoms with van der Waals surface area (Å²) >= 11 is 6.24. The summed E-state index contributed by atoms with van der Waals surface area (Å²) in [7, 11) is 2.22. The highest BCUT2D eigenvalue weighted by Gasteiger charge is 2.24.